The largest absolute Gasteiger partial charge is 0.354 e. The van der Waals surface area contributed by atoms with E-state index < -0.39 is 0 Å². The number of anilines is 1. The maximum atomic E-state index is 12.4. The minimum Gasteiger partial charge on any atom is -0.354 e. The van der Waals surface area contributed by atoms with Crippen LogP contribution in [0.5, 0.6) is 0 Å². The zero-order chi connectivity index (χ0) is 19.8. The molecule has 0 radical (unpaired) electrons. The van der Waals surface area contributed by atoms with Gasteiger partial charge in [0.25, 0.3) is 0 Å². The number of hydrogen-bond donors (Lipinski definition) is 2. The van der Waals surface area contributed by atoms with Crippen LogP contribution >= 0.6 is 11.6 Å². The summed E-state index contributed by atoms with van der Waals surface area (Å²) in [6, 6.07) is 14.9. The van der Waals surface area contributed by atoms with Crippen molar-refractivity contribution in [2.24, 2.45) is 0 Å². The number of para-hydroxylation sites is 1. The molecule has 1 aliphatic rings. The number of halogens is 1. The molecular weight excluding hydrogens is 388 g/mol. The van der Waals surface area contributed by atoms with Gasteiger partial charge in [-0.15, -0.1) is 5.10 Å². The van der Waals surface area contributed by atoms with Crippen LogP contribution in [0.3, 0.4) is 0 Å². The molecule has 0 bridgehead atoms. The summed E-state index contributed by atoms with van der Waals surface area (Å²) in [6.45, 7) is 0.708. The first-order chi connectivity index (χ1) is 14.2. The molecule has 0 spiro atoms. The zero-order valence-corrected chi connectivity index (χ0v) is 16.4. The quantitative estimate of drug-likeness (QED) is 0.542. The van der Waals surface area contributed by atoms with Crippen molar-refractivity contribution in [1.82, 2.24) is 24.9 Å². The monoisotopic (exact) mass is 406 g/mol. The van der Waals surface area contributed by atoms with Crippen LogP contribution in [0.25, 0.3) is 27.9 Å². The Morgan fingerprint density at radius 2 is 2.00 bits per heavy atom. The Bertz CT molecular complexity index is 1220. The summed E-state index contributed by atoms with van der Waals surface area (Å²) in [4.78, 5) is 21.9. The van der Waals surface area contributed by atoms with Crippen molar-refractivity contribution in [2.75, 3.05) is 11.9 Å². The van der Waals surface area contributed by atoms with Crippen molar-refractivity contribution >= 4 is 40.0 Å². The maximum absolute atomic E-state index is 12.4. The lowest BCUT2D eigenvalue weighted by Gasteiger charge is -2.16. The van der Waals surface area contributed by atoms with Gasteiger partial charge in [-0.2, -0.15) is 4.52 Å². The van der Waals surface area contributed by atoms with Crippen LogP contribution in [0, 0.1) is 0 Å². The topological polar surface area (TPSA) is 84.2 Å². The lowest BCUT2D eigenvalue weighted by atomic mass is 10.1. The Balaban J connectivity index is 1.66. The number of rotatable bonds is 3. The van der Waals surface area contributed by atoms with E-state index in [2.05, 4.69) is 15.7 Å². The number of fused-ring (bicyclic) bond motifs is 3. The highest BCUT2D eigenvalue weighted by Gasteiger charge is 2.23. The van der Waals surface area contributed by atoms with Crippen LogP contribution in [-0.4, -0.2) is 38.1 Å². The second-order valence-corrected chi connectivity index (χ2v) is 7.55. The van der Waals surface area contributed by atoms with Crippen LogP contribution in [0.15, 0.2) is 48.5 Å². The van der Waals surface area contributed by atoms with E-state index in [1.54, 1.807) is 4.52 Å². The Hall–Kier alpha value is -3.19. The van der Waals surface area contributed by atoms with Gasteiger partial charge in [-0.05, 0) is 43.5 Å². The van der Waals surface area contributed by atoms with Crippen molar-refractivity contribution in [3.8, 4) is 11.4 Å². The number of nitrogens with one attached hydrogen (secondary N) is 2. The summed E-state index contributed by atoms with van der Waals surface area (Å²) in [5.74, 6) is 1.04. The summed E-state index contributed by atoms with van der Waals surface area (Å²) in [5, 5.41) is 12.4. The van der Waals surface area contributed by atoms with E-state index in [0.717, 1.165) is 35.7 Å². The van der Waals surface area contributed by atoms with Crippen molar-refractivity contribution in [3.05, 3.63) is 53.6 Å². The summed E-state index contributed by atoms with van der Waals surface area (Å²) < 4.78 is 1.68. The van der Waals surface area contributed by atoms with Crippen LogP contribution in [-0.2, 0) is 4.79 Å². The van der Waals surface area contributed by atoms with E-state index in [4.69, 9.17) is 21.6 Å². The number of hydrogen-bond acceptors (Lipinski definition) is 5. The van der Waals surface area contributed by atoms with Crippen molar-refractivity contribution in [3.63, 3.8) is 0 Å². The van der Waals surface area contributed by atoms with Gasteiger partial charge in [0.1, 0.15) is 6.04 Å². The summed E-state index contributed by atoms with van der Waals surface area (Å²) in [7, 11) is 0. The van der Waals surface area contributed by atoms with E-state index in [0.29, 0.717) is 29.0 Å². The Labute approximate surface area is 172 Å². The van der Waals surface area contributed by atoms with E-state index in [1.807, 2.05) is 48.5 Å². The standard InChI is InChI=1S/C21H19ClN6O/c22-14-7-5-6-13(12-14)18-26-19-15-8-1-2-9-16(15)24-21(28(19)27-18)25-17-10-3-4-11-23-20(17)29/h1-2,5-9,12,17H,3-4,10-11H2,(H,23,29)(H,24,25)/t17-/m1/s1. The van der Waals surface area contributed by atoms with E-state index in [9.17, 15) is 4.79 Å². The molecule has 146 valence electrons. The third-order valence-corrected chi connectivity index (χ3v) is 5.34. The lowest BCUT2D eigenvalue weighted by Crippen LogP contribution is -2.38. The number of amides is 1. The van der Waals surface area contributed by atoms with Gasteiger partial charge in [0.2, 0.25) is 11.9 Å². The Morgan fingerprint density at radius 1 is 1.10 bits per heavy atom. The van der Waals surface area contributed by atoms with Gasteiger partial charge in [-0.3, -0.25) is 4.79 Å². The molecule has 3 heterocycles. The molecular formula is C21H19ClN6O. The van der Waals surface area contributed by atoms with Crippen LogP contribution in [0.4, 0.5) is 5.95 Å². The molecule has 1 saturated heterocycles. The second-order valence-electron chi connectivity index (χ2n) is 7.12. The smallest absolute Gasteiger partial charge is 0.242 e. The fraction of sp³-hybridized carbons (Fsp3) is 0.238. The molecule has 1 atom stereocenters. The third-order valence-electron chi connectivity index (χ3n) is 5.10. The highest BCUT2D eigenvalue weighted by molar-refractivity contribution is 6.30. The molecule has 2 aromatic heterocycles. The minimum absolute atomic E-state index is 0.0132. The molecule has 0 aliphatic carbocycles. The first-order valence-corrected chi connectivity index (χ1v) is 10.0. The maximum Gasteiger partial charge on any atom is 0.242 e. The average molecular weight is 407 g/mol. The lowest BCUT2D eigenvalue weighted by molar-refractivity contribution is -0.121. The summed E-state index contributed by atoms with van der Waals surface area (Å²) in [6.07, 6.45) is 2.70. The highest BCUT2D eigenvalue weighted by Crippen LogP contribution is 2.26. The van der Waals surface area contributed by atoms with Gasteiger partial charge in [0.15, 0.2) is 11.5 Å². The molecule has 1 fully saturated rings. The second kappa shape index (κ2) is 7.33. The van der Waals surface area contributed by atoms with Gasteiger partial charge < -0.3 is 10.6 Å². The number of nitrogens with zero attached hydrogens (tertiary/aromatic N) is 4. The number of benzene rings is 2. The van der Waals surface area contributed by atoms with Crippen molar-refractivity contribution in [1.29, 1.82) is 0 Å². The molecule has 2 N–H and O–H groups in total. The molecule has 0 unspecified atom stereocenters. The van der Waals surface area contributed by atoms with E-state index in [1.165, 1.54) is 0 Å². The Kier molecular flexibility index (Phi) is 4.52. The SMILES string of the molecule is O=C1NCCCC[C@H]1Nc1nc2ccccc2c2nc(-c3cccc(Cl)c3)nn12. The van der Waals surface area contributed by atoms with Crippen LogP contribution in [0.2, 0.25) is 5.02 Å². The molecule has 0 saturated carbocycles. The number of carbonyl (C=O) groups is 1. The molecule has 8 heteroatoms. The molecule has 7 nitrogen and oxygen atoms in total. The molecule has 1 aliphatic heterocycles. The first kappa shape index (κ1) is 17.9. The molecule has 29 heavy (non-hydrogen) atoms. The average Bonchev–Trinajstić information content (AvgIpc) is 3.09. The fourth-order valence-corrected chi connectivity index (χ4v) is 3.82. The van der Waals surface area contributed by atoms with Gasteiger partial charge in [-0.25, -0.2) is 9.97 Å². The zero-order valence-electron chi connectivity index (χ0n) is 15.6. The van der Waals surface area contributed by atoms with Gasteiger partial charge in [0, 0.05) is 22.5 Å². The minimum atomic E-state index is -0.354. The Morgan fingerprint density at radius 3 is 2.90 bits per heavy atom. The summed E-state index contributed by atoms with van der Waals surface area (Å²) >= 11 is 6.15. The summed E-state index contributed by atoms with van der Waals surface area (Å²) in [5.41, 5.74) is 2.30. The van der Waals surface area contributed by atoms with Crippen molar-refractivity contribution < 1.29 is 4.79 Å². The highest BCUT2D eigenvalue weighted by atomic mass is 35.5. The number of aromatic nitrogens is 4. The molecule has 2 aromatic carbocycles. The predicted octanol–water partition coefficient (Wildman–Crippen LogP) is 3.68. The number of carbonyl (C=O) groups excluding carboxylic acids is 1. The van der Waals surface area contributed by atoms with Crippen LogP contribution in [0.1, 0.15) is 19.3 Å². The van der Waals surface area contributed by atoms with Gasteiger partial charge in [0.05, 0.1) is 5.52 Å². The fourth-order valence-electron chi connectivity index (χ4n) is 3.63. The molecule has 1 amide bonds. The molecule has 4 aromatic rings. The normalized spacial score (nSPS) is 17.3. The van der Waals surface area contributed by atoms with E-state index in [-0.39, 0.29) is 11.9 Å². The van der Waals surface area contributed by atoms with Gasteiger partial charge in [-0.1, -0.05) is 35.9 Å². The van der Waals surface area contributed by atoms with Crippen LogP contribution < -0.4 is 10.6 Å². The van der Waals surface area contributed by atoms with Crippen molar-refractivity contribution in [2.45, 2.75) is 25.3 Å². The molecule has 5 rings (SSSR count). The first-order valence-electron chi connectivity index (χ1n) is 9.65. The van der Waals surface area contributed by atoms with Gasteiger partial charge >= 0.3 is 0 Å². The third kappa shape index (κ3) is 3.38. The predicted molar refractivity (Wildman–Crippen MR) is 113 cm³/mol. The van der Waals surface area contributed by atoms with E-state index >= 15 is 0 Å².